The van der Waals surface area contributed by atoms with Crippen LogP contribution in [-0.4, -0.2) is 35.4 Å². The predicted molar refractivity (Wildman–Crippen MR) is 83.1 cm³/mol. The van der Waals surface area contributed by atoms with Gasteiger partial charge >= 0.3 is 11.9 Å². The second-order valence-corrected chi connectivity index (χ2v) is 6.05. The van der Waals surface area contributed by atoms with Crippen molar-refractivity contribution < 1.29 is 24.2 Å². The Morgan fingerprint density at radius 2 is 2.27 bits per heavy atom. The molecular weight excluding hydrogens is 284 g/mol. The van der Waals surface area contributed by atoms with Crippen LogP contribution in [0.2, 0.25) is 0 Å². The van der Waals surface area contributed by atoms with Crippen LogP contribution < -0.4 is 0 Å². The molecule has 0 aliphatic carbocycles. The largest absolute Gasteiger partial charge is 0.463 e. The Labute approximate surface area is 132 Å². The van der Waals surface area contributed by atoms with Crippen molar-refractivity contribution in [1.82, 2.24) is 0 Å². The molecule has 22 heavy (non-hydrogen) atoms. The molecule has 126 valence electrons. The molecule has 0 amide bonds. The maximum atomic E-state index is 12.0. The van der Waals surface area contributed by atoms with Crippen LogP contribution in [0.5, 0.6) is 0 Å². The fraction of sp³-hybridized carbons (Fsp3) is 0.765. The quantitative estimate of drug-likeness (QED) is 0.624. The van der Waals surface area contributed by atoms with E-state index in [1.54, 1.807) is 13.0 Å². The van der Waals surface area contributed by atoms with Gasteiger partial charge in [0.2, 0.25) is 0 Å². The summed E-state index contributed by atoms with van der Waals surface area (Å²) in [5.41, 5.74) is 0. The first kappa shape index (κ1) is 18.7. The minimum absolute atomic E-state index is 0.114. The molecule has 0 radical (unpaired) electrons. The molecule has 1 aliphatic heterocycles. The number of ether oxygens (including phenoxy) is 2. The van der Waals surface area contributed by atoms with Gasteiger partial charge in [0.05, 0.1) is 18.1 Å². The normalized spacial score (nSPS) is 29.3. The Morgan fingerprint density at radius 3 is 2.95 bits per heavy atom. The van der Waals surface area contributed by atoms with Gasteiger partial charge < -0.3 is 14.6 Å². The number of hydrogen-bond acceptors (Lipinski definition) is 5. The van der Waals surface area contributed by atoms with E-state index in [1.165, 1.54) is 6.92 Å². The van der Waals surface area contributed by atoms with Crippen molar-refractivity contribution >= 4 is 11.9 Å². The van der Waals surface area contributed by atoms with Crippen molar-refractivity contribution in [3.63, 3.8) is 0 Å². The predicted octanol–water partition coefficient (Wildman–Crippen LogP) is 2.76. The van der Waals surface area contributed by atoms with Crippen LogP contribution in [0.25, 0.3) is 0 Å². The molecule has 0 aromatic carbocycles. The van der Waals surface area contributed by atoms with Gasteiger partial charge in [0.1, 0.15) is 6.10 Å². The van der Waals surface area contributed by atoms with Crippen LogP contribution in [-0.2, 0) is 19.1 Å². The molecule has 0 fully saturated rings. The summed E-state index contributed by atoms with van der Waals surface area (Å²) in [7, 11) is 0. The molecule has 1 heterocycles. The molecular formula is C17H28O5. The second kappa shape index (κ2) is 9.62. The summed E-state index contributed by atoms with van der Waals surface area (Å²) in [5, 5.41) is 9.85. The Hall–Kier alpha value is -1.36. The molecule has 0 saturated carbocycles. The SMILES string of the molecule is CC(=O)O[C@@H](C)CCC[C@@H]1CCC/C=C\[C@@H](O)[C@@H](C)C(=O)O1. The number of hydrogen-bond donors (Lipinski definition) is 1. The number of aliphatic hydroxyl groups excluding tert-OH is 1. The van der Waals surface area contributed by atoms with Crippen molar-refractivity contribution in [3.8, 4) is 0 Å². The van der Waals surface area contributed by atoms with Gasteiger partial charge in [-0.25, -0.2) is 0 Å². The number of rotatable bonds is 5. The van der Waals surface area contributed by atoms with Crippen molar-refractivity contribution in [2.24, 2.45) is 5.92 Å². The van der Waals surface area contributed by atoms with E-state index >= 15 is 0 Å². The lowest BCUT2D eigenvalue weighted by Crippen LogP contribution is -2.30. The molecule has 0 spiro atoms. The van der Waals surface area contributed by atoms with Gasteiger partial charge in [-0.05, 0) is 52.4 Å². The van der Waals surface area contributed by atoms with E-state index < -0.39 is 12.0 Å². The number of allylic oxidation sites excluding steroid dienone is 1. The molecule has 5 nitrogen and oxygen atoms in total. The summed E-state index contributed by atoms with van der Waals surface area (Å²) in [6.45, 7) is 4.95. The summed E-state index contributed by atoms with van der Waals surface area (Å²) in [4.78, 5) is 22.9. The van der Waals surface area contributed by atoms with E-state index in [2.05, 4.69) is 0 Å². The number of carbonyl (C=O) groups is 2. The van der Waals surface area contributed by atoms with Gasteiger partial charge in [-0.1, -0.05) is 12.2 Å². The number of carbonyl (C=O) groups excluding carboxylic acids is 2. The standard InChI is InChI=1S/C17H28O5/c1-12(21-14(3)18)8-7-10-15-9-5-4-6-11-16(19)13(2)17(20)22-15/h6,11-13,15-16,19H,4-5,7-10H2,1-3H3/b11-6-/t12-,13+,15-,16+/m0/s1. The zero-order valence-electron chi connectivity index (χ0n) is 13.8. The topological polar surface area (TPSA) is 72.8 Å². The molecule has 5 heteroatoms. The van der Waals surface area contributed by atoms with Gasteiger partial charge in [-0.3, -0.25) is 9.59 Å². The first-order valence-electron chi connectivity index (χ1n) is 8.12. The summed E-state index contributed by atoms with van der Waals surface area (Å²) in [5.74, 6) is -1.17. The highest BCUT2D eigenvalue weighted by atomic mass is 16.5. The van der Waals surface area contributed by atoms with E-state index in [4.69, 9.17) is 9.47 Å². The molecule has 0 unspecified atom stereocenters. The summed E-state index contributed by atoms with van der Waals surface area (Å²) in [6.07, 6.45) is 7.55. The lowest BCUT2D eigenvalue weighted by molar-refractivity contribution is -0.157. The van der Waals surface area contributed by atoms with Crippen LogP contribution in [0.3, 0.4) is 0 Å². The molecule has 1 aliphatic rings. The first-order valence-corrected chi connectivity index (χ1v) is 8.12. The highest BCUT2D eigenvalue weighted by Gasteiger charge is 2.25. The molecule has 1 N–H and O–H groups in total. The highest BCUT2D eigenvalue weighted by molar-refractivity contribution is 5.73. The summed E-state index contributed by atoms with van der Waals surface area (Å²) < 4.78 is 10.6. The van der Waals surface area contributed by atoms with Crippen LogP contribution in [0.4, 0.5) is 0 Å². The summed E-state index contributed by atoms with van der Waals surface area (Å²) in [6, 6.07) is 0. The van der Waals surface area contributed by atoms with Crippen LogP contribution >= 0.6 is 0 Å². The highest BCUT2D eigenvalue weighted by Crippen LogP contribution is 2.19. The third-order valence-electron chi connectivity index (χ3n) is 3.90. The molecule has 0 aromatic heterocycles. The number of esters is 2. The second-order valence-electron chi connectivity index (χ2n) is 6.05. The number of cyclic esters (lactones) is 1. The van der Waals surface area contributed by atoms with E-state index in [0.29, 0.717) is 0 Å². The first-order chi connectivity index (χ1) is 10.4. The van der Waals surface area contributed by atoms with Crippen molar-refractivity contribution in [2.75, 3.05) is 0 Å². The summed E-state index contributed by atoms with van der Waals surface area (Å²) >= 11 is 0. The molecule has 1 rings (SSSR count). The van der Waals surface area contributed by atoms with Crippen LogP contribution in [0, 0.1) is 5.92 Å². The third-order valence-corrected chi connectivity index (χ3v) is 3.90. The fourth-order valence-corrected chi connectivity index (χ4v) is 2.51. The number of aliphatic hydroxyl groups is 1. The Bertz CT molecular complexity index is 391. The monoisotopic (exact) mass is 312 g/mol. The maximum absolute atomic E-state index is 12.0. The lowest BCUT2D eigenvalue weighted by Gasteiger charge is -2.23. The third kappa shape index (κ3) is 7.07. The van der Waals surface area contributed by atoms with E-state index in [-0.39, 0.29) is 24.1 Å². The Morgan fingerprint density at radius 1 is 1.55 bits per heavy atom. The molecule has 0 bridgehead atoms. The molecule has 0 aromatic rings. The molecule has 4 atom stereocenters. The van der Waals surface area contributed by atoms with Crippen molar-refractivity contribution in [3.05, 3.63) is 12.2 Å². The van der Waals surface area contributed by atoms with E-state index in [1.807, 2.05) is 13.0 Å². The minimum Gasteiger partial charge on any atom is -0.463 e. The van der Waals surface area contributed by atoms with E-state index in [9.17, 15) is 14.7 Å². The maximum Gasteiger partial charge on any atom is 0.311 e. The smallest absolute Gasteiger partial charge is 0.311 e. The van der Waals surface area contributed by atoms with Crippen LogP contribution in [0.1, 0.15) is 59.3 Å². The van der Waals surface area contributed by atoms with Gasteiger partial charge in [-0.2, -0.15) is 0 Å². The van der Waals surface area contributed by atoms with Crippen molar-refractivity contribution in [2.45, 2.75) is 77.6 Å². The Kier molecular flexibility index (Phi) is 8.17. The van der Waals surface area contributed by atoms with Gasteiger partial charge in [0.15, 0.2) is 0 Å². The van der Waals surface area contributed by atoms with Crippen LogP contribution in [0.15, 0.2) is 12.2 Å². The average molecular weight is 312 g/mol. The average Bonchev–Trinajstić information content (AvgIpc) is 2.43. The fourth-order valence-electron chi connectivity index (χ4n) is 2.51. The zero-order valence-corrected chi connectivity index (χ0v) is 13.8. The minimum atomic E-state index is -0.782. The lowest BCUT2D eigenvalue weighted by atomic mass is 10.00. The van der Waals surface area contributed by atoms with Gasteiger partial charge in [-0.15, -0.1) is 0 Å². The van der Waals surface area contributed by atoms with Gasteiger partial charge in [0.25, 0.3) is 0 Å². The Balaban J connectivity index is 2.45. The van der Waals surface area contributed by atoms with Gasteiger partial charge in [0, 0.05) is 6.92 Å². The molecule has 0 saturated heterocycles. The van der Waals surface area contributed by atoms with E-state index in [0.717, 1.165) is 38.5 Å². The van der Waals surface area contributed by atoms with Crippen molar-refractivity contribution in [1.29, 1.82) is 0 Å². The zero-order chi connectivity index (χ0) is 16.5.